The first-order valence-corrected chi connectivity index (χ1v) is 9.85. The predicted octanol–water partition coefficient (Wildman–Crippen LogP) is 2.81. The number of halogens is 1. The number of aliphatic hydroxyl groups excluding tert-OH is 1. The molecule has 0 spiro atoms. The average molecular weight is 495 g/mol. The molecular weight excluding hydrogens is 465 g/mol. The monoisotopic (exact) mass is 495 g/mol. The molecule has 6 nitrogen and oxygen atoms in total. The van der Waals surface area contributed by atoms with E-state index >= 15 is 0 Å². The Bertz CT molecular complexity index is 546. The summed E-state index contributed by atoms with van der Waals surface area (Å²) in [5, 5.41) is 17.2. The number of guanidine groups is 1. The minimum Gasteiger partial charge on any atom is -0.497 e. The molecule has 1 aromatic rings. The molecule has 26 heavy (non-hydrogen) atoms. The van der Waals surface area contributed by atoms with Gasteiger partial charge in [0.25, 0.3) is 0 Å². The molecule has 148 valence electrons. The van der Waals surface area contributed by atoms with E-state index in [-0.39, 0.29) is 30.5 Å². The van der Waals surface area contributed by atoms with Gasteiger partial charge in [-0.3, -0.25) is 4.99 Å². The Hall–Kier alpha value is -0.870. The fourth-order valence-electron chi connectivity index (χ4n) is 2.67. The maximum atomic E-state index is 10.5. The molecule has 1 fully saturated rings. The summed E-state index contributed by atoms with van der Waals surface area (Å²) in [6.07, 6.45) is 1.67. The first kappa shape index (κ1) is 23.2. The van der Waals surface area contributed by atoms with Crippen LogP contribution >= 0.6 is 35.7 Å². The lowest BCUT2D eigenvalue weighted by Crippen LogP contribution is -2.45. The fourth-order valence-corrected chi connectivity index (χ4v) is 3.74. The summed E-state index contributed by atoms with van der Waals surface area (Å²) in [5.41, 5.74) is 0.726. The third-order valence-electron chi connectivity index (χ3n) is 4.03. The molecule has 0 bridgehead atoms. The van der Waals surface area contributed by atoms with Crippen LogP contribution in [-0.2, 0) is 0 Å². The predicted molar refractivity (Wildman–Crippen MR) is 119 cm³/mol. The van der Waals surface area contributed by atoms with Gasteiger partial charge in [-0.15, -0.1) is 24.0 Å². The number of nitrogens with zero attached hydrogens (tertiary/aromatic N) is 1. The number of benzene rings is 1. The molecule has 2 unspecified atom stereocenters. The van der Waals surface area contributed by atoms with Crippen LogP contribution < -0.4 is 20.1 Å². The van der Waals surface area contributed by atoms with Crippen molar-refractivity contribution in [1.29, 1.82) is 0 Å². The van der Waals surface area contributed by atoms with Gasteiger partial charge in [-0.1, -0.05) is 0 Å². The van der Waals surface area contributed by atoms with E-state index in [1.165, 1.54) is 12.2 Å². The number of methoxy groups -OCH3 is 2. The summed E-state index contributed by atoms with van der Waals surface area (Å²) in [4.78, 5) is 4.55. The standard InChI is InChI=1S/C18H29N3O3S.HI/c1-4-19-18(21-14-6-5-7-25-12-14)20-11-17(22)13-8-15(23-2)10-16(9-13)24-3;/h8-10,14,17,22H,4-7,11-12H2,1-3H3,(H2,19,20,21);1H. The van der Waals surface area contributed by atoms with E-state index in [9.17, 15) is 5.11 Å². The molecule has 1 heterocycles. The highest BCUT2D eigenvalue weighted by Crippen LogP contribution is 2.26. The van der Waals surface area contributed by atoms with Crippen molar-refractivity contribution in [3.05, 3.63) is 23.8 Å². The Balaban J connectivity index is 0.00000338. The summed E-state index contributed by atoms with van der Waals surface area (Å²) in [6, 6.07) is 5.83. The summed E-state index contributed by atoms with van der Waals surface area (Å²) in [7, 11) is 3.19. The number of ether oxygens (including phenoxy) is 2. The van der Waals surface area contributed by atoms with Crippen molar-refractivity contribution in [3.63, 3.8) is 0 Å². The van der Waals surface area contributed by atoms with Gasteiger partial charge in [-0.25, -0.2) is 0 Å². The van der Waals surface area contributed by atoms with E-state index in [0.717, 1.165) is 30.2 Å². The molecule has 1 aliphatic heterocycles. The van der Waals surface area contributed by atoms with Crippen LogP contribution in [0.3, 0.4) is 0 Å². The lowest BCUT2D eigenvalue weighted by molar-refractivity contribution is 0.186. The van der Waals surface area contributed by atoms with Crippen LogP contribution in [0.5, 0.6) is 11.5 Å². The van der Waals surface area contributed by atoms with Crippen molar-refractivity contribution in [2.75, 3.05) is 38.8 Å². The van der Waals surface area contributed by atoms with Gasteiger partial charge < -0.3 is 25.2 Å². The number of hydrogen-bond acceptors (Lipinski definition) is 5. The summed E-state index contributed by atoms with van der Waals surface area (Å²) in [5.74, 6) is 4.40. The molecule has 3 N–H and O–H groups in total. The second-order valence-electron chi connectivity index (χ2n) is 5.94. The lowest BCUT2D eigenvalue weighted by atomic mass is 10.1. The quantitative estimate of drug-likeness (QED) is 0.307. The molecule has 2 rings (SSSR count). The molecule has 1 saturated heterocycles. The Kier molecular flexibility index (Phi) is 11.1. The molecular formula is C18H30IN3O3S. The van der Waals surface area contributed by atoms with Gasteiger partial charge in [-0.05, 0) is 43.2 Å². The van der Waals surface area contributed by atoms with Crippen LogP contribution in [0, 0.1) is 0 Å². The van der Waals surface area contributed by atoms with E-state index in [1.54, 1.807) is 32.4 Å². The van der Waals surface area contributed by atoms with Crippen molar-refractivity contribution in [2.24, 2.45) is 4.99 Å². The van der Waals surface area contributed by atoms with Gasteiger partial charge in [0.05, 0.1) is 26.9 Å². The number of aliphatic hydroxyl groups is 1. The van der Waals surface area contributed by atoms with E-state index < -0.39 is 6.10 Å². The highest BCUT2D eigenvalue weighted by Gasteiger charge is 2.16. The van der Waals surface area contributed by atoms with Gasteiger partial charge in [0.2, 0.25) is 0 Å². The van der Waals surface area contributed by atoms with Gasteiger partial charge in [0, 0.05) is 24.4 Å². The van der Waals surface area contributed by atoms with Gasteiger partial charge in [-0.2, -0.15) is 11.8 Å². The summed E-state index contributed by atoms with van der Waals surface area (Å²) >= 11 is 1.97. The van der Waals surface area contributed by atoms with Crippen LogP contribution in [0.25, 0.3) is 0 Å². The highest BCUT2D eigenvalue weighted by atomic mass is 127. The lowest BCUT2D eigenvalue weighted by Gasteiger charge is -2.24. The zero-order valence-corrected chi connectivity index (χ0v) is 18.8. The maximum Gasteiger partial charge on any atom is 0.191 e. The number of nitrogens with one attached hydrogen (secondary N) is 2. The number of hydrogen-bond donors (Lipinski definition) is 3. The van der Waals surface area contributed by atoms with Crippen LogP contribution in [-0.4, -0.2) is 55.9 Å². The van der Waals surface area contributed by atoms with Gasteiger partial charge in [0.1, 0.15) is 11.5 Å². The zero-order chi connectivity index (χ0) is 18.1. The van der Waals surface area contributed by atoms with Crippen LogP contribution in [0.4, 0.5) is 0 Å². The molecule has 8 heteroatoms. The van der Waals surface area contributed by atoms with Crippen LogP contribution in [0.2, 0.25) is 0 Å². The number of aliphatic imine (C=N–C) groups is 1. The third kappa shape index (κ3) is 7.40. The first-order chi connectivity index (χ1) is 12.2. The molecule has 0 aromatic heterocycles. The molecule has 1 aliphatic rings. The number of thioether (sulfide) groups is 1. The zero-order valence-electron chi connectivity index (χ0n) is 15.7. The van der Waals surface area contributed by atoms with Crippen molar-refractivity contribution < 1.29 is 14.6 Å². The largest absolute Gasteiger partial charge is 0.497 e. The summed E-state index contributed by atoms with van der Waals surface area (Å²) in [6.45, 7) is 3.09. The second kappa shape index (κ2) is 12.5. The van der Waals surface area contributed by atoms with E-state index in [4.69, 9.17) is 9.47 Å². The number of rotatable bonds is 7. The normalized spacial score (nSPS) is 18.5. The van der Waals surface area contributed by atoms with E-state index in [2.05, 4.69) is 15.6 Å². The molecule has 0 saturated carbocycles. The van der Waals surface area contributed by atoms with Gasteiger partial charge in [0.15, 0.2) is 5.96 Å². The highest BCUT2D eigenvalue weighted by molar-refractivity contribution is 14.0. The first-order valence-electron chi connectivity index (χ1n) is 8.69. The van der Waals surface area contributed by atoms with E-state index in [0.29, 0.717) is 17.5 Å². The molecule has 1 aromatic carbocycles. The van der Waals surface area contributed by atoms with Crippen molar-refractivity contribution in [3.8, 4) is 11.5 Å². The third-order valence-corrected chi connectivity index (χ3v) is 5.24. The fraction of sp³-hybridized carbons (Fsp3) is 0.611. The Morgan fingerprint density at radius 1 is 1.31 bits per heavy atom. The second-order valence-corrected chi connectivity index (χ2v) is 7.09. The Labute approximate surface area is 177 Å². The SMILES string of the molecule is CCNC(=NCC(O)c1cc(OC)cc(OC)c1)NC1CCCSC1.I. The maximum absolute atomic E-state index is 10.5. The molecule has 0 amide bonds. The average Bonchev–Trinajstić information content (AvgIpc) is 2.66. The van der Waals surface area contributed by atoms with Crippen LogP contribution in [0.15, 0.2) is 23.2 Å². The summed E-state index contributed by atoms with van der Waals surface area (Å²) < 4.78 is 10.5. The topological polar surface area (TPSA) is 75.1 Å². The molecule has 2 atom stereocenters. The molecule has 0 aliphatic carbocycles. The minimum atomic E-state index is -0.722. The smallest absolute Gasteiger partial charge is 0.191 e. The molecule has 0 radical (unpaired) electrons. The van der Waals surface area contributed by atoms with E-state index in [1.807, 2.05) is 18.7 Å². The Morgan fingerprint density at radius 2 is 2.00 bits per heavy atom. The van der Waals surface area contributed by atoms with Gasteiger partial charge >= 0.3 is 0 Å². The van der Waals surface area contributed by atoms with Crippen molar-refractivity contribution in [1.82, 2.24) is 10.6 Å². The van der Waals surface area contributed by atoms with Crippen molar-refractivity contribution in [2.45, 2.75) is 31.9 Å². The minimum absolute atomic E-state index is 0. The Morgan fingerprint density at radius 3 is 2.54 bits per heavy atom. The van der Waals surface area contributed by atoms with Crippen LogP contribution in [0.1, 0.15) is 31.4 Å². The van der Waals surface area contributed by atoms with Crippen molar-refractivity contribution >= 4 is 41.7 Å².